The van der Waals surface area contributed by atoms with Gasteiger partial charge in [-0.2, -0.15) is 8.42 Å². The second-order valence-electron chi connectivity index (χ2n) is 7.11. The highest BCUT2D eigenvalue weighted by molar-refractivity contribution is 7.85. The second kappa shape index (κ2) is 8.09. The molecule has 168 valence electrons. The molecular formula is C21H20N2O8S. The first-order valence-electron chi connectivity index (χ1n) is 9.63. The molecule has 0 saturated heterocycles. The van der Waals surface area contributed by atoms with Crippen molar-refractivity contribution in [2.24, 2.45) is 0 Å². The van der Waals surface area contributed by atoms with Gasteiger partial charge < -0.3 is 20.3 Å². The zero-order valence-corrected chi connectivity index (χ0v) is 17.7. The number of nitrogens with one attached hydrogen (secondary N) is 1. The predicted molar refractivity (Wildman–Crippen MR) is 113 cm³/mol. The maximum absolute atomic E-state index is 12.2. The van der Waals surface area contributed by atoms with Gasteiger partial charge in [0.1, 0.15) is 6.61 Å². The summed E-state index contributed by atoms with van der Waals surface area (Å²) in [4.78, 5) is 16.7. The smallest absolute Gasteiger partial charge is 0.492 e. The van der Waals surface area contributed by atoms with Crippen LogP contribution in [-0.4, -0.2) is 47.2 Å². The van der Waals surface area contributed by atoms with Gasteiger partial charge in [0.2, 0.25) is 11.8 Å². The van der Waals surface area contributed by atoms with Crippen molar-refractivity contribution >= 4 is 22.0 Å². The lowest BCUT2D eigenvalue weighted by Gasteiger charge is -2.15. The minimum absolute atomic E-state index is 0.216. The molecule has 0 radical (unpaired) electrons. The molecule has 4 rings (SSSR count). The minimum atomic E-state index is -4.43. The lowest BCUT2D eigenvalue weighted by atomic mass is 9.97. The van der Waals surface area contributed by atoms with E-state index in [9.17, 15) is 28.0 Å². The van der Waals surface area contributed by atoms with Gasteiger partial charge in [-0.05, 0) is 53.4 Å². The summed E-state index contributed by atoms with van der Waals surface area (Å²) < 4.78 is 38.5. The number of hydrogen-bond acceptors (Lipinski definition) is 8. The molecule has 2 aromatic carbocycles. The quantitative estimate of drug-likeness (QED) is 0.322. The fourth-order valence-electron chi connectivity index (χ4n) is 3.74. The molecule has 1 atom stereocenters. The average Bonchev–Trinajstić information content (AvgIpc) is 3.22. The van der Waals surface area contributed by atoms with Crippen LogP contribution in [0.1, 0.15) is 24.0 Å². The summed E-state index contributed by atoms with van der Waals surface area (Å²) in [7, 11) is -4.43. The molecule has 10 nitrogen and oxygen atoms in total. The summed E-state index contributed by atoms with van der Waals surface area (Å²) in [6, 6.07) is 12.2. The SMILES string of the molecule is CCNc1ccc2c(c1)C(COC(=O)On1c(O)ccc1O)c1cc(S(=O)(=O)O)ccc1-2. The molecule has 0 bridgehead atoms. The van der Waals surface area contributed by atoms with Crippen LogP contribution in [-0.2, 0) is 14.9 Å². The molecule has 3 aromatic rings. The Labute approximate surface area is 183 Å². The van der Waals surface area contributed by atoms with Gasteiger partial charge in [-0.25, -0.2) is 4.79 Å². The largest absolute Gasteiger partial charge is 0.534 e. The number of nitrogens with zero attached hydrogens (tertiary/aromatic N) is 1. The van der Waals surface area contributed by atoms with Crippen LogP contribution in [0.5, 0.6) is 11.8 Å². The molecule has 1 aliphatic carbocycles. The number of aromatic hydroxyl groups is 2. The molecule has 4 N–H and O–H groups in total. The maximum Gasteiger partial charge on any atom is 0.534 e. The van der Waals surface area contributed by atoms with Crippen molar-refractivity contribution in [1.82, 2.24) is 4.73 Å². The fraction of sp³-hybridized carbons (Fsp3) is 0.190. The highest BCUT2D eigenvalue weighted by Gasteiger charge is 2.32. The number of fused-ring (bicyclic) bond motifs is 3. The van der Waals surface area contributed by atoms with E-state index in [1.807, 2.05) is 25.1 Å². The van der Waals surface area contributed by atoms with E-state index in [0.29, 0.717) is 16.8 Å². The number of carbonyl (C=O) groups excluding carboxylic acids is 1. The van der Waals surface area contributed by atoms with Gasteiger partial charge >= 0.3 is 6.16 Å². The minimum Gasteiger partial charge on any atom is -0.492 e. The Kier molecular flexibility index (Phi) is 5.45. The molecule has 11 heteroatoms. The molecule has 32 heavy (non-hydrogen) atoms. The third kappa shape index (κ3) is 3.95. The van der Waals surface area contributed by atoms with Crippen molar-refractivity contribution < 1.29 is 37.6 Å². The van der Waals surface area contributed by atoms with Crippen LogP contribution in [0.25, 0.3) is 11.1 Å². The molecule has 1 unspecified atom stereocenters. The number of ether oxygens (including phenoxy) is 1. The van der Waals surface area contributed by atoms with E-state index >= 15 is 0 Å². The maximum atomic E-state index is 12.2. The van der Waals surface area contributed by atoms with E-state index in [1.54, 1.807) is 6.07 Å². The number of carbonyl (C=O) groups is 1. The van der Waals surface area contributed by atoms with Crippen LogP contribution in [0, 0.1) is 0 Å². The van der Waals surface area contributed by atoms with Crippen LogP contribution in [0.15, 0.2) is 53.4 Å². The fourth-order valence-corrected chi connectivity index (χ4v) is 4.26. The summed E-state index contributed by atoms with van der Waals surface area (Å²) in [5, 5.41) is 22.4. The van der Waals surface area contributed by atoms with Crippen molar-refractivity contribution in [1.29, 1.82) is 0 Å². The molecule has 1 aliphatic rings. The molecule has 0 spiro atoms. The van der Waals surface area contributed by atoms with E-state index in [0.717, 1.165) is 34.5 Å². The van der Waals surface area contributed by atoms with Crippen molar-refractivity contribution in [3.63, 3.8) is 0 Å². The summed E-state index contributed by atoms with van der Waals surface area (Å²) in [5.41, 5.74) is 3.78. The van der Waals surface area contributed by atoms with Gasteiger partial charge in [0.15, 0.2) is 0 Å². The molecule has 0 aliphatic heterocycles. The average molecular weight is 460 g/mol. The van der Waals surface area contributed by atoms with Gasteiger partial charge in [0.25, 0.3) is 10.1 Å². The Bertz CT molecular complexity index is 1280. The number of hydrogen-bond donors (Lipinski definition) is 4. The number of aromatic nitrogens is 1. The topological polar surface area (TPSA) is 147 Å². The molecule has 0 amide bonds. The number of anilines is 1. The normalized spacial score (nSPS) is 14.5. The standard InChI is InChI=1S/C21H20N2O8S/c1-2-22-12-3-5-14-15-6-4-13(32(27,28)29)10-17(15)18(16(14)9-12)11-30-21(26)31-23-19(24)7-8-20(23)25/h3-10,18,22,24-25H,2,11H2,1H3,(H,27,28,29). The highest BCUT2D eigenvalue weighted by Crippen LogP contribution is 2.46. The summed E-state index contributed by atoms with van der Waals surface area (Å²) >= 11 is 0. The molecule has 1 heterocycles. The Morgan fingerprint density at radius 2 is 1.66 bits per heavy atom. The van der Waals surface area contributed by atoms with Crippen LogP contribution in [0.2, 0.25) is 0 Å². The van der Waals surface area contributed by atoms with Crippen molar-refractivity contribution in [3.8, 4) is 22.9 Å². The van der Waals surface area contributed by atoms with Gasteiger partial charge in [-0.15, -0.1) is 4.73 Å². The zero-order chi connectivity index (χ0) is 23.0. The van der Waals surface area contributed by atoms with E-state index < -0.39 is 34.0 Å². The zero-order valence-electron chi connectivity index (χ0n) is 16.8. The summed E-state index contributed by atoms with van der Waals surface area (Å²) in [6.45, 7) is 2.42. The molecular weight excluding hydrogens is 440 g/mol. The lowest BCUT2D eigenvalue weighted by molar-refractivity contribution is 0.0341. The Hall–Kier alpha value is -3.70. The van der Waals surface area contributed by atoms with Crippen LogP contribution in [0.3, 0.4) is 0 Å². The van der Waals surface area contributed by atoms with Crippen molar-refractivity contribution in [2.45, 2.75) is 17.7 Å². The van der Waals surface area contributed by atoms with E-state index in [2.05, 4.69) is 5.32 Å². The van der Waals surface area contributed by atoms with E-state index in [1.165, 1.54) is 12.1 Å². The second-order valence-corrected chi connectivity index (χ2v) is 8.53. The molecule has 0 saturated carbocycles. The van der Waals surface area contributed by atoms with E-state index in [4.69, 9.17) is 9.57 Å². The van der Waals surface area contributed by atoms with E-state index in [-0.39, 0.29) is 11.5 Å². The Morgan fingerprint density at radius 3 is 2.28 bits per heavy atom. The summed E-state index contributed by atoms with van der Waals surface area (Å²) in [6.07, 6.45) is -1.18. The lowest BCUT2D eigenvalue weighted by Crippen LogP contribution is -2.22. The van der Waals surface area contributed by atoms with Gasteiger partial charge in [-0.1, -0.05) is 12.1 Å². The van der Waals surface area contributed by atoms with Gasteiger partial charge in [0, 0.05) is 30.3 Å². The van der Waals surface area contributed by atoms with Crippen LogP contribution < -0.4 is 10.2 Å². The molecule has 1 aromatic heterocycles. The predicted octanol–water partition coefficient (Wildman–Crippen LogP) is 2.96. The first-order valence-corrected chi connectivity index (χ1v) is 11.1. The van der Waals surface area contributed by atoms with Gasteiger partial charge in [-0.3, -0.25) is 9.39 Å². The first kappa shape index (κ1) is 21.5. The molecule has 0 fully saturated rings. The Balaban J connectivity index is 1.65. The van der Waals surface area contributed by atoms with Crippen LogP contribution >= 0.6 is 0 Å². The summed E-state index contributed by atoms with van der Waals surface area (Å²) in [5.74, 6) is -1.53. The van der Waals surface area contributed by atoms with Crippen molar-refractivity contribution in [3.05, 3.63) is 59.7 Å². The third-order valence-corrected chi connectivity index (χ3v) is 5.98. The highest BCUT2D eigenvalue weighted by atomic mass is 32.2. The number of rotatable bonds is 6. The van der Waals surface area contributed by atoms with Crippen molar-refractivity contribution in [2.75, 3.05) is 18.5 Å². The van der Waals surface area contributed by atoms with Gasteiger partial charge in [0.05, 0.1) is 4.90 Å². The first-order chi connectivity index (χ1) is 15.2. The Morgan fingerprint density at radius 1 is 1.03 bits per heavy atom. The third-order valence-electron chi connectivity index (χ3n) is 5.13. The van der Waals surface area contributed by atoms with Crippen LogP contribution in [0.4, 0.5) is 10.5 Å². The number of benzene rings is 2. The monoisotopic (exact) mass is 460 g/mol.